The molecule has 0 aromatic heterocycles. The van der Waals surface area contributed by atoms with Gasteiger partial charge in [0.1, 0.15) is 0 Å². The lowest BCUT2D eigenvalue weighted by atomic mass is 10.0. The zero-order valence-corrected chi connectivity index (χ0v) is 8.59. The first-order chi connectivity index (χ1) is 6.86. The van der Waals surface area contributed by atoms with Crippen molar-refractivity contribution in [3.05, 3.63) is 29.8 Å². The topological polar surface area (TPSA) is 20.3 Å². The van der Waals surface area contributed by atoms with Crippen LogP contribution in [0.1, 0.15) is 24.4 Å². The second-order valence-corrected chi connectivity index (χ2v) is 4.72. The minimum Gasteiger partial charge on any atom is -0.326 e. The fraction of sp³-hybridized carbons (Fsp3) is 0.364. The summed E-state index contributed by atoms with van der Waals surface area (Å²) in [6.07, 6.45) is 1.72. The predicted octanol–water partition coefficient (Wildman–Crippen LogP) is 2.41. The third kappa shape index (κ3) is 1.08. The summed E-state index contributed by atoms with van der Waals surface area (Å²) in [5, 5.41) is 0. The molecule has 1 fully saturated rings. The average molecular weight is 205 g/mol. The van der Waals surface area contributed by atoms with Gasteiger partial charge in [-0.3, -0.25) is 4.79 Å². The van der Waals surface area contributed by atoms with Crippen LogP contribution in [0.5, 0.6) is 0 Å². The third-order valence-corrected chi connectivity index (χ3v) is 4.06. The molecule has 2 nitrogen and oxygen atoms in total. The Bertz CT molecular complexity index is 391. The van der Waals surface area contributed by atoms with Gasteiger partial charge in [-0.15, -0.1) is 11.8 Å². The standard InChI is InChI=1S/C11H11NOS/c13-11-6-5-9-8-3-1-2-4-10(8)14-7-12(9)11/h1-4,9H,5-7H2. The summed E-state index contributed by atoms with van der Waals surface area (Å²) < 4.78 is 0. The van der Waals surface area contributed by atoms with Crippen LogP contribution >= 0.6 is 11.8 Å². The Kier molecular flexibility index (Phi) is 1.80. The van der Waals surface area contributed by atoms with Crippen molar-refractivity contribution in [1.82, 2.24) is 4.90 Å². The molecule has 1 aromatic rings. The Balaban J connectivity index is 2.07. The maximum atomic E-state index is 11.5. The second kappa shape index (κ2) is 3.02. The third-order valence-electron chi connectivity index (χ3n) is 2.97. The van der Waals surface area contributed by atoms with E-state index in [-0.39, 0.29) is 0 Å². The SMILES string of the molecule is O=C1CCC2c3ccccc3SCN12. The first-order valence-corrected chi connectivity index (χ1v) is 5.86. The van der Waals surface area contributed by atoms with E-state index in [9.17, 15) is 4.79 Å². The van der Waals surface area contributed by atoms with Gasteiger partial charge in [0.15, 0.2) is 0 Å². The van der Waals surface area contributed by atoms with Crippen LogP contribution in [-0.2, 0) is 4.79 Å². The number of benzene rings is 1. The van der Waals surface area contributed by atoms with Crippen LogP contribution in [0, 0.1) is 0 Å². The van der Waals surface area contributed by atoms with Crippen molar-refractivity contribution in [2.24, 2.45) is 0 Å². The largest absolute Gasteiger partial charge is 0.326 e. The van der Waals surface area contributed by atoms with E-state index in [0.717, 1.165) is 18.7 Å². The minimum atomic E-state index is 0.317. The molecular formula is C11H11NOS. The van der Waals surface area contributed by atoms with Gasteiger partial charge in [-0.05, 0) is 18.1 Å². The predicted molar refractivity (Wildman–Crippen MR) is 56.0 cm³/mol. The highest BCUT2D eigenvalue weighted by molar-refractivity contribution is 7.99. The molecule has 72 valence electrons. The average Bonchev–Trinajstić information content (AvgIpc) is 2.61. The molecule has 3 heteroatoms. The number of amides is 1. The number of carbonyl (C=O) groups is 1. The van der Waals surface area contributed by atoms with E-state index in [1.165, 1.54) is 10.5 Å². The number of carbonyl (C=O) groups excluding carboxylic acids is 1. The quantitative estimate of drug-likeness (QED) is 0.648. The van der Waals surface area contributed by atoms with Crippen molar-refractivity contribution in [3.8, 4) is 0 Å². The molecule has 2 aliphatic heterocycles. The van der Waals surface area contributed by atoms with E-state index in [1.807, 2.05) is 4.90 Å². The van der Waals surface area contributed by atoms with Crippen molar-refractivity contribution in [3.63, 3.8) is 0 Å². The van der Waals surface area contributed by atoms with Gasteiger partial charge in [0, 0.05) is 11.3 Å². The van der Waals surface area contributed by atoms with Gasteiger partial charge in [0.25, 0.3) is 0 Å². The van der Waals surface area contributed by atoms with Crippen LogP contribution in [0.3, 0.4) is 0 Å². The second-order valence-electron chi connectivity index (χ2n) is 3.73. The van der Waals surface area contributed by atoms with Gasteiger partial charge in [0.2, 0.25) is 5.91 Å². The van der Waals surface area contributed by atoms with E-state index in [2.05, 4.69) is 24.3 Å². The summed E-state index contributed by atoms with van der Waals surface area (Å²) in [6, 6.07) is 8.79. The van der Waals surface area contributed by atoms with E-state index >= 15 is 0 Å². The molecule has 2 aliphatic rings. The molecule has 0 spiro atoms. The molecular weight excluding hydrogens is 194 g/mol. The molecule has 1 saturated heterocycles. The number of nitrogens with zero attached hydrogens (tertiary/aromatic N) is 1. The van der Waals surface area contributed by atoms with E-state index in [1.54, 1.807) is 11.8 Å². The lowest BCUT2D eigenvalue weighted by Crippen LogP contribution is -2.30. The van der Waals surface area contributed by atoms with Gasteiger partial charge in [0.05, 0.1) is 11.9 Å². The van der Waals surface area contributed by atoms with Crippen LogP contribution in [-0.4, -0.2) is 16.7 Å². The molecule has 1 aromatic carbocycles. The van der Waals surface area contributed by atoms with E-state index in [0.29, 0.717) is 11.9 Å². The van der Waals surface area contributed by atoms with Crippen LogP contribution in [0.2, 0.25) is 0 Å². The lowest BCUT2D eigenvalue weighted by Gasteiger charge is -2.31. The zero-order chi connectivity index (χ0) is 9.54. The summed E-state index contributed by atoms with van der Waals surface area (Å²) >= 11 is 1.77. The molecule has 0 radical (unpaired) electrons. The maximum absolute atomic E-state index is 11.5. The highest BCUT2D eigenvalue weighted by Crippen LogP contribution is 2.43. The highest BCUT2D eigenvalue weighted by atomic mass is 32.2. The summed E-state index contributed by atoms with van der Waals surface area (Å²) in [4.78, 5) is 14.9. The zero-order valence-electron chi connectivity index (χ0n) is 7.77. The van der Waals surface area contributed by atoms with Gasteiger partial charge >= 0.3 is 0 Å². The molecule has 0 saturated carbocycles. The van der Waals surface area contributed by atoms with Gasteiger partial charge < -0.3 is 4.90 Å². The molecule has 0 bridgehead atoms. The van der Waals surface area contributed by atoms with Crippen molar-refractivity contribution < 1.29 is 4.79 Å². The Labute approximate surface area is 87.3 Å². The highest BCUT2D eigenvalue weighted by Gasteiger charge is 2.35. The van der Waals surface area contributed by atoms with Crippen molar-refractivity contribution in [2.45, 2.75) is 23.8 Å². The lowest BCUT2D eigenvalue weighted by molar-refractivity contribution is -0.128. The van der Waals surface area contributed by atoms with Gasteiger partial charge in [-0.2, -0.15) is 0 Å². The number of thioether (sulfide) groups is 1. The van der Waals surface area contributed by atoms with Crippen LogP contribution < -0.4 is 0 Å². The number of hydrogen-bond acceptors (Lipinski definition) is 2. The van der Waals surface area contributed by atoms with Crippen molar-refractivity contribution in [1.29, 1.82) is 0 Å². The smallest absolute Gasteiger partial charge is 0.223 e. The molecule has 3 rings (SSSR count). The van der Waals surface area contributed by atoms with Crippen LogP contribution in [0.25, 0.3) is 0 Å². The molecule has 14 heavy (non-hydrogen) atoms. The van der Waals surface area contributed by atoms with Gasteiger partial charge in [-0.1, -0.05) is 18.2 Å². The molecule has 1 unspecified atom stereocenters. The van der Waals surface area contributed by atoms with Gasteiger partial charge in [-0.25, -0.2) is 0 Å². The summed E-state index contributed by atoms with van der Waals surface area (Å²) in [5.74, 6) is 1.15. The Morgan fingerprint density at radius 3 is 3.14 bits per heavy atom. The molecule has 0 N–H and O–H groups in total. The monoisotopic (exact) mass is 205 g/mol. The summed E-state index contributed by atoms with van der Waals surface area (Å²) in [7, 11) is 0. The number of hydrogen-bond donors (Lipinski definition) is 0. The Hall–Kier alpha value is -0.960. The Morgan fingerprint density at radius 2 is 2.21 bits per heavy atom. The summed E-state index contributed by atoms with van der Waals surface area (Å²) in [6.45, 7) is 0. The van der Waals surface area contributed by atoms with Crippen molar-refractivity contribution in [2.75, 3.05) is 5.88 Å². The van der Waals surface area contributed by atoms with Crippen LogP contribution in [0.4, 0.5) is 0 Å². The molecule has 0 aliphatic carbocycles. The first kappa shape index (κ1) is 8.36. The van der Waals surface area contributed by atoms with Crippen molar-refractivity contribution >= 4 is 17.7 Å². The first-order valence-electron chi connectivity index (χ1n) is 4.87. The van der Waals surface area contributed by atoms with Crippen LogP contribution in [0.15, 0.2) is 29.2 Å². The number of fused-ring (bicyclic) bond motifs is 3. The molecule has 1 atom stereocenters. The summed E-state index contributed by atoms with van der Waals surface area (Å²) in [5.41, 5.74) is 1.34. The fourth-order valence-corrected chi connectivity index (χ4v) is 3.39. The molecule has 1 amide bonds. The minimum absolute atomic E-state index is 0.317. The van der Waals surface area contributed by atoms with E-state index in [4.69, 9.17) is 0 Å². The molecule has 2 heterocycles. The maximum Gasteiger partial charge on any atom is 0.223 e. The van der Waals surface area contributed by atoms with E-state index < -0.39 is 0 Å². The fourth-order valence-electron chi connectivity index (χ4n) is 2.25. The Morgan fingerprint density at radius 1 is 1.36 bits per heavy atom. The normalized spacial score (nSPS) is 24.7. The number of rotatable bonds is 0.